The van der Waals surface area contributed by atoms with E-state index in [1.807, 2.05) is 0 Å². The third kappa shape index (κ3) is 2.47. The summed E-state index contributed by atoms with van der Waals surface area (Å²) < 4.78 is 28.5. The lowest BCUT2D eigenvalue weighted by atomic mass is 9.84. The standard InChI is InChI=1S/C14H17ClN4O2S/c15-10-1-2-11-13(7-10)22(20,21)18-14(16-11)17-12-8-19-5-3-9(12)4-6-19/h1-2,7,9,12H,3-6,8H2,(H2,16,17,18). The van der Waals surface area contributed by atoms with Crippen molar-refractivity contribution in [1.82, 2.24) is 10.2 Å². The summed E-state index contributed by atoms with van der Waals surface area (Å²) in [5.41, 5.74) is 0.517. The highest BCUT2D eigenvalue weighted by atomic mass is 35.5. The molecule has 5 rings (SSSR count). The summed E-state index contributed by atoms with van der Waals surface area (Å²) in [6, 6.07) is 5.01. The molecule has 6 nitrogen and oxygen atoms in total. The highest BCUT2D eigenvalue weighted by Crippen LogP contribution is 2.31. The molecule has 2 N–H and O–H groups in total. The molecule has 0 spiro atoms. The molecular weight excluding hydrogens is 324 g/mol. The molecule has 1 aromatic carbocycles. The monoisotopic (exact) mass is 340 g/mol. The third-order valence-electron chi connectivity index (χ3n) is 4.66. The Bertz CT molecular complexity index is 741. The van der Waals surface area contributed by atoms with Gasteiger partial charge in [0.1, 0.15) is 4.90 Å². The first kappa shape index (κ1) is 14.3. The lowest BCUT2D eigenvalue weighted by molar-refractivity contribution is 0.0813. The Balaban J connectivity index is 1.60. The minimum atomic E-state index is -3.71. The molecule has 22 heavy (non-hydrogen) atoms. The third-order valence-corrected chi connectivity index (χ3v) is 6.22. The van der Waals surface area contributed by atoms with Crippen LogP contribution in [0.5, 0.6) is 0 Å². The SMILES string of the molecule is O=S1(=O)N=C(NC2CN3CCC2CC3)Nc2ccc(Cl)cc21. The predicted octanol–water partition coefficient (Wildman–Crippen LogP) is 1.49. The average Bonchev–Trinajstić information content (AvgIpc) is 2.49. The zero-order chi connectivity index (χ0) is 15.3. The number of anilines is 1. The van der Waals surface area contributed by atoms with Crippen molar-refractivity contribution >= 4 is 33.3 Å². The number of nitrogens with one attached hydrogen (secondary N) is 2. The lowest BCUT2D eigenvalue weighted by Gasteiger charge is -2.45. The number of guanidine groups is 1. The minimum absolute atomic E-state index is 0.125. The van der Waals surface area contributed by atoms with Crippen molar-refractivity contribution in [2.45, 2.75) is 23.8 Å². The highest BCUT2D eigenvalue weighted by molar-refractivity contribution is 7.90. The largest absolute Gasteiger partial charge is 0.351 e. The Morgan fingerprint density at radius 3 is 2.77 bits per heavy atom. The van der Waals surface area contributed by atoms with Crippen molar-refractivity contribution in [2.24, 2.45) is 10.3 Å². The molecule has 2 bridgehead atoms. The highest BCUT2D eigenvalue weighted by Gasteiger charge is 2.35. The van der Waals surface area contributed by atoms with Gasteiger partial charge in [0.05, 0.1) is 5.69 Å². The van der Waals surface area contributed by atoms with E-state index in [4.69, 9.17) is 11.6 Å². The predicted molar refractivity (Wildman–Crippen MR) is 85.8 cm³/mol. The summed E-state index contributed by atoms with van der Waals surface area (Å²) in [7, 11) is -3.71. The van der Waals surface area contributed by atoms with Gasteiger partial charge in [-0.15, -0.1) is 4.40 Å². The summed E-state index contributed by atoms with van der Waals surface area (Å²) in [5.74, 6) is 0.900. The Labute approximate surface area is 134 Å². The van der Waals surface area contributed by atoms with Crippen molar-refractivity contribution in [3.63, 3.8) is 0 Å². The molecule has 4 aliphatic heterocycles. The zero-order valence-corrected chi connectivity index (χ0v) is 13.5. The van der Waals surface area contributed by atoms with Crippen LogP contribution in [0, 0.1) is 5.92 Å². The molecule has 0 aliphatic carbocycles. The lowest BCUT2D eigenvalue weighted by Crippen LogP contribution is -2.58. The van der Waals surface area contributed by atoms with E-state index < -0.39 is 10.0 Å². The summed E-state index contributed by atoms with van der Waals surface area (Å²) in [6.45, 7) is 3.23. The van der Waals surface area contributed by atoms with Gasteiger partial charge in [-0.25, -0.2) is 0 Å². The molecule has 4 aliphatic rings. The van der Waals surface area contributed by atoms with Gasteiger partial charge in [-0.2, -0.15) is 8.42 Å². The van der Waals surface area contributed by atoms with E-state index in [0.717, 1.165) is 32.5 Å². The van der Waals surface area contributed by atoms with E-state index in [2.05, 4.69) is 19.9 Å². The first-order valence-corrected chi connectivity index (χ1v) is 9.23. The van der Waals surface area contributed by atoms with Crippen molar-refractivity contribution in [3.8, 4) is 0 Å². The number of hydrogen-bond donors (Lipinski definition) is 2. The fourth-order valence-corrected chi connectivity index (χ4v) is 4.85. The Morgan fingerprint density at radius 2 is 2.09 bits per heavy atom. The van der Waals surface area contributed by atoms with Crippen LogP contribution in [0.2, 0.25) is 5.02 Å². The van der Waals surface area contributed by atoms with Crippen LogP contribution >= 0.6 is 11.6 Å². The number of rotatable bonds is 1. The Hall–Kier alpha value is -1.31. The Kier molecular flexibility index (Phi) is 3.32. The van der Waals surface area contributed by atoms with Crippen LogP contribution in [0.4, 0.5) is 5.69 Å². The van der Waals surface area contributed by atoms with Gasteiger partial charge >= 0.3 is 0 Å². The van der Waals surface area contributed by atoms with Crippen molar-refractivity contribution < 1.29 is 8.42 Å². The van der Waals surface area contributed by atoms with Gasteiger partial charge in [0.25, 0.3) is 10.0 Å². The van der Waals surface area contributed by atoms with Gasteiger partial charge in [0.2, 0.25) is 5.96 Å². The average molecular weight is 341 g/mol. The second kappa shape index (κ2) is 5.11. The van der Waals surface area contributed by atoms with Gasteiger partial charge in [0.15, 0.2) is 0 Å². The van der Waals surface area contributed by atoms with Crippen LogP contribution in [0.3, 0.4) is 0 Å². The van der Waals surface area contributed by atoms with E-state index in [0.29, 0.717) is 22.6 Å². The number of benzene rings is 1. The number of halogens is 1. The zero-order valence-electron chi connectivity index (χ0n) is 11.9. The van der Waals surface area contributed by atoms with Crippen LogP contribution in [0.15, 0.2) is 27.5 Å². The number of sulfonamides is 1. The van der Waals surface area contributed by atoms with E-state index in [1.54, 1.807) is 12.1 Å². The van der Waals surface area contributed by atoms with E-state index >= 15 is 0 Å². The van der Waals surface area contributed by atoms with Gasteiger partial charge in [-0.3, -0.25) is 0 Å². The molecule has 8 heteroatoms. The molecule has 1 aromatic rings. The quantitative estimate of drug-likeness (QED) is 0.810. The van der Waals surface area contributed by atoms with Crippen LogP contribution in [0.25, 0.3) is 0 Å². The number of hydrogen-bond acceptors (Lipinski definition) is 5. The maximum atomic E-state index is 12.3. The summed E-state index contributed by atoms with van der Waals surface area (Å²) in [6.07, 6.45) is 2.31. The second-order valence-corrected chi connectivity index (χ2v) is 8.08. The molecule has 1 atom stereocenters. The minimum Gasteiger partial charge on any atom is -0.351 e. The molecular formula is C14H17ClN4O2S. The van der Waals surface area contributed by atoms with E-state index in [9.17, 15) is 8.42 Å². The smallest absolute Gasteiger partial charge is 0.287 e. The van der Waals surface area contributed by atoms with Crippen molar-refractivity contribution in [2.75, 3.05) is 25.0 Å². The van der Waals surface area contributed by atoms with Crippen molar-refractivity contribution in [3.05, 3.63) is 23.2 Å². The first-order chi connectivity index (χ1) is 10.5. The fraction of sp³-hybridized carbons (Fsp3) is 0.500. The number of piperidine rings is 3. The van der Waals surface area contributed by atoms with Gasteiger partial charge in [0, 0.05) is 17.6 Å². The Morgan fingerprint density at radius 1 is 1.32 bits per heavy atom. The van der Waals surface area contributed by atoms with Crippen LogP contribution in [-0.2, 0) is 10.0 Å². The molecule has 0 amide bonds. The summed E-state index contributed by atoms with van der Waals surface area (Å²) in [4.78, 5) is 2.53. The molecule has 0 saturated carbocycles. The fourth-order valence-electron chi connectivity index (χ4n) is 3.50. The van der Waals surface area contributed by atoms with Crippen molar-refractivity contribution in [1.29, 1.82) is 0 Å². The summed E-state index contributed by atoms with van der Waals surface area (Å²) in [5, 5.41) is 6.74. The van der Waals surface area contributed by atoms with Gasteiger partial charge < -0.3 is 15.5 Å². The van der Waals surface area contributed by atoms with Crippen LogP contribution in [0.1, 0.15) is 12.8 Å². The van der Waals surface area contributed by atoms with Gasteiger partial charge in [-0.1, -0.05) is 11.6 Å². The van der Waals surface area contributed by atoms with Crippen LogP contribution < -0.4 is 10.6 Å². The molecule has 0 radical (unpaired) electrons. The van der Waals surface area contributed by atoms with Gasteiger partial charge in [-0.05, 0) is 50.0 Å². The maximum absolute atomic E-state index is 12.3. The first-order valence-electron chi connectivity index (χ1n) is 7.42. The number of fused-ring (bicyclic) bond motifs is 4. The summed E-state index contributed by atoms with van der Waals surface area (Å²) >= 11 is 5.88. The normalized spacial score (nSPS) is 31.9. The molecule has 1 unspecified atom stereocenters. The molecule has 118 valence electrons. The number of nitrogens with zero attached hydrogens (tertiary/aromatic N) is 2. The molecule has 3 saturated heterocycles. The maximum Gasteiger partial charge on any atom is 0.287 e. The second-order valence-electron chi connectivity index (χ2n) is 6.07. The van der Waals surface area contributed by atoms with E-state index in [1.165, 1.54) is 6.07 Å². The molecule has 3 fully saturated rings. The molecule has 0 aromatic heterocycles. The topological polar surface area (TPSA) is 73.8 Å². The van der Waals surface area contributed by atoms with E-state index in [-0.39, 0.29) is 10.9 Å². The molecule has 4 heterocycles. The van der Waals surface area contributed by atoms with Crippen LogP contribution in [-0.4, -0.2) is 45.0 Å².